The SMILES string of the molecule is O=C(Nc1cccc(F)c1C(=O)O)c1cncc(Cl)n1. The maximum Gasteiger partial charge on any atom is 0.340 e. The molecule has 0 aliphatic rings. The standard InChI is InChI=1S/C12H7ClFN3O3/c13-9-5-15-4-8(16-9)11(18)17-7-3-1-2-6(14)10(7)12(19)20/h1-5H,(H,17,18)(H,19,20). The second-order valence-corrected chi connectivity index (χ2v) is 4.04. The number of anilines is 1. The molecule has 0 saturated carbocycles. The van der Waals surface area contributed by atoms with Crippen molar-refractivity contribution in [3.8, 4) is 0 Å². The lowest BCUT2D eigenvalue weighted by Crippen LogP contribution is -2.17. The Labute approximate surface area is 117 Å². The first-order valence-corrected chi connectivity index (χ1v) is 5.67. The minimum atomic E-state index is -1.49. The summed E-state index contributed by atoms with van der Waals surface area (Å²) in [5.41, 5.74) is -0.918. The topological polar surface area (TPSA) is 92.2 Å². The second-order valence-electron chi connectivity index (χ2n) is 3.65. The molecule has 20 heavy (non-hydrogen) atoms. The van der Waals surface area contributed by atoms with Crippen LogP contribution in [-0.4, -0.2) is 27.0 Å². The first kappa shape index (κ1) is 13.9. The highest BCUT2D eigenvalue weighted by Crippen LogP contribution is 2.19. The van der Waals surface area contributed by atoms with Crippen molar-refractivity contribution in [2.45, 2.75) is 0 Å². The van der Waals surface area contributed by atoms with E-state index in [2.05, 4.69) is 15.3 Å². The third-order valence-electron chi connectivity index (χ3n) is 2.31. The van der Waals surface area contributed by atoms with Gasteiger partial charge in [0.05, 0.1) is 18.1 Å². The molecular formula is C12H7ClFN3O3. The van der Waals surface area contributed by atoms with Crippen LogP contribution in [0.4, 0.5) is 10.1 Å². The number of hydrogen-bond acceptors (Lipinski definition) is 4. The molecule has 6 nitrogen and oxygen atoms in total. The molecule has 0 aliphatic carbocycles. The molecule has 0 saturated heterocycles. The fourth-order valence-electron chi connectivity index (χ4n) is 1.48. The van der Waals surface area contributed by atoms with Gasteiger partial charge in [0.1, 0.15) is 22.2 Å². The molecule has 0 atom stereocenters. The molecule has 2 N–H and O–H groups in total. The molecule has 1 amide bonds. The van der Waals surface area contributed by atoms with Crippen molar-refractivity contribution < 1.29 is 19.1 Å². The first-order chi connectivity index (χ1) is 9.49. The Bertz CT molecular complexity index is 693. The van der Waals surface area contributed by atoms with Gasteiger partial charge in [0.25, 0.3) is 5.91 Å². The first-order valence-electron chi connectivity index (χ1n) is 5.29. The van der Waals surface area contributed by atoms with Gasteiger partial charge in [0.15, 0.2) is 0 Å². The van der Waals surface area contributed by atoms with Crippen LogP contribution in [0, 0.1) is 5.82 Å². The van der Waals surface area contributed by atoms with Crippen molar-refractivity contribution in [1.29, 1.82) is 0 Å². The van der Waals surface area contributed by atoms with Gasteiger partial charge in [-0.1, -0.05) is 17.7 Å². The number of carboxylic acids is 1. The highest BCUT2D eigenvalue weighted by Gasteiger charge is 2.18. The minimum absolute atomic E-state index is 0.00958. The predicted molar refractivity (Wildman–Crippen MR) is 68.4 cm³/mol. The van der Waals surface area contributed by atoms with E-state index in [0.29, 0.717) is 0 Å². The van der Waals surface area contributed by atoms with Crippen LogP contribution in [0.2, 0.25) is 5.15 Å². The molecule has 2 aromatic rings. The molecule has 0 aliphatic heterocycles. The molecule has 1 aromatic carbocycles. The number of halogens is 2. The summed E-state index contributed by atoms with van der Waals surface area (Å²) in [5.74, 6) is -3.18. The monoisotopic (exact) mass is 295 g/mol. The van der Waals surface area contributed by atoms with Crippen molar-refractivity contribution in [1.82, 2.24) is 9.97 Å². The van der Waals surface area contributed by atoms with Gasteiger partial charge in [0, 0.05) is 0 Å². The Morgan fingerprint density at radius 2 is 2.05 bits per heavy atom. The minimum Gasteiger partial charge on any atom is -0.478 e. The zero-order chi connectivity index (χ0) is 14.7. The third-order valence-corrected chi connectivity index (χ3v) is 2.50. The van der Waals surface area contributed by atoms with E-state index in [1.165, 1.54) is 18.3 Å². The molecular weight excluding hydrogens is 289 g/mol. The smallest absolute Gasteiger partial charge is 0.340 e. The number of aromatic nitrogens is 2. The third kappa shape index (κ3) is 2.89. The normalized spacial score (nSPS) is 10.1. The highest BCUT2D eigenvalue weighted by molar-refractivity contribution is 6.29. The molecule has 1 aromatic heterocycles. The van der Waals surface area contributed by atoms with Crippen LogP contribution < -0.4 is 5.32 Å². The summed E-state index contributed by atoms with van der Waals surface area (Å²) in [7, 11) is 0. The summed E-state index contributed by atoms with van der Waals surface area (Å²) >= 11 is 5.59. The largest absolute Gasteiger partial charge is 0.478 e. The van der Waals surface area contributed by atoms with E-state index in [-0.39, 0.29) is 16.5 Å². The van der Waals surface area contributed by atoms with Gasteiger partial charge in [-0.15, -0.1) is 0 Å². The number of aromatic carboxylic acids is 1. The van der Waals surface area contributed by atoms with Crippen LogP contribution in [0.15, 0.2) is 30.6 Å². The fraction of sp³-hybridized carbons (Fsp3) is 0. The Hall–Kier alpha value is -2.54. The molecule has 0 spiro atoms. The molecule has 0 fully saturated rings. The Morgan fingerprint density at radius 3 is 2.70 bits per heavy atom. The van der Waals surface area contributed by atoms with Gasteiger partial charge in [-0.2, -0.15) is 0 Å². The van der Waals surface area contributed by atoms with Crippen LogP contribution in [0.5, 0.6) is 0 Å². The molecule has 0 unspecified atom stereocenters. The van der Waals surface area contributed by atoms with Crippen LogP contribution >= 0.6 is 11.6 Å². The average Bonchev–Trinajstić information content (AvgIpc) is 2.38. The number of benzene rings is 1. The van der Waals surface area contributed by atoms with E-state index >= 15 is 0 Å². The highest BCUT2D eigenvalue weighted by atomic mass is 35.5. The average molecular weight is 296 g/mol. The number of carbonyl (C=O) groups is 2. The maximum absolute atomic E-state index is 13.4. The summed E-state index contributed by atoms with van der Waals surface area (Å²) in [6.07, 6.45) is 2.39. The van der Waals surface area contributed by atoms with E-state index in [0.717, 1.165) is 12.3 Å². The lowest BCUT2D eigenvalue weighted by molar-refractivity contribution is 0.0693. The van der Waals surface area contributed by atoms with Crippen LogP contribution in [0.1, 0.15) is 20.8 Å². The number of amides is 1. The van der Waals surface area contributed by atoms with E-state index in [9.17, 15) is 14.0 Å². The molecule has 1 heterocycles. The van der Waals surface area contributed by atoms with Crippen molar-refractivity contribution in [2.24, 2.45) is 0 Å². The molecule has 0 bridgehead atoms. The van der Waals surface area contributed by atoms with Gasteiger partial charge in [0.2, 0.25) is 0 Å². The molecule has 8 heteroatoms. The van der Waals surface area contributed by atoms with Gasteiger partial charge < -0.3 is 10.4 Å². The van der Waals surface area contributed by atoms with E-state index in [1.807, 2.05) is 0 Å². The Balaban J connectivity index is 2.33. The number of carboxylic acid groups (broad SMARTS) is 1. The van der Waals surface area contributed by atoms with Crippen LogP contribution in [0.25, 0.3) is 0 Å². The van der Waals surface area contributed by atoms with E-state index in [4.69, 9.17) is 16.7 Å². The van der Waals surface area contributed by atoms with Gasteiger partial charge in [-0.05, 0) is 12.1 Å². The summed E-state index contributed by atoms with van der Waals surface area (Å²) in [6.45, 7) is 0. The summed E-state index contributed by atoms with van der Waals surface area (Å²) in [4.78, 5) is 30.2. The lowest BCUT2D eigenvalue weighted by atomic mass is 10.1. The number of nitrogens with one attached hydrogen (secondary N) is 1. The summed E-state index contributed by atoms with van der Waals surface area (Å²) in [5, 5.41) is 11.2. The Kier molecular flexibility index (Phi) is 3.90. The van der Waals surface area contributed by atoms with Crippen molar-refractivity contribution in [2.75, 3.05) is 5.32 Å². The van der Waals surface area contributed by atoms with E-state index < -0.39 is 23.3 Å². The zero-order valence-corrected chi connectivity index (χ0v) is 10.6. The predicted octanol–water partition coefficient (Wildman–Crippen LogP) is 2.22. The lowest BCUT2D eigenvalue weighted by Gasteiger charge is -2.08. The molecule has 2 rings (SSSR count). The van der Waals surface area contributed by atoms with Gasteiger partial charge in [-0.3, -0.25) is 9.78 Å². The summed E-state index contributed by atoms with van der Waals surface area (Å²) in [6, 6.07) is 3.53. The molecule has 0 radical (unpaired) electrons. The Morgan fingerprint density at radius 1 is 1.30 bits per heavy atom. The number of carbonyl (C=O) groups excluding carboxylic acids is 1. The van der Waals surface area contributed by atoms with Crippen molar-refractivity contribution in [3.63, 3.8) is 0 Å². The number of nitrogens with zero attached hydrogens (tertiary/aromatic N) is 2. The van der Waals surface area contributed by atoms with E-state index in [1.54, 1.807) is 0 Å². The molecule has 102 valence electrons. The van der Waals surface area contributed by atoms with Crippen molar-refractivity contribution >= 4 is 29.2 Å². The van der Waals surface area contributed by atoms with Gasteiger partial charge in [-0.25, -0.2) is 14.2 Å². The number of hydrogen-bond donors (Lipinski definition) is 2. The van der Waals surface area contributed by atoms with Gasteiger partial charge >= 0.3 is 5.97 Å². The number of rotatable bonds is 3. The quantitative estimate of drug-likeness (QED) is 0.906. The zero-order valence-electron chi connectivity index (χ0n) is 9.80. The second kappa shape index (κ2) is 5.62. The fourth-order valence-corrected chi connectivity index (χ4v) is 1.63. The maximum atomic E-state index is 13.4. The summed E-state index contributed by atoms with van der Waals surface area (Å²) < 4.78 is 13.4. The van der Waals surface area contributed by atoms with Crippen LogP contribution in [0.3, 0.4) is 0 Å². The van der Waals surface area contributed by atoms with Crippen LogP contribution in [-0.2, 0) is 0 Å². The van der Waals surface area contributed by atoms with Crippen molar-refractivity contribution in [3.05, 3.63) is 52.8 Å².